The van der Waals surface area contributed by atoms with Crippen LogP contribution in [0.1, 0.15) is 0 Å². The molecule has 0 radical (unpaired) electrons. The standard InChI is InChI=1S/C5H10O6/c6-1-4(8)3-10-5(9,2-7)11-4/h6-9H,1-3H2. The van der Waals surface area contributed by atoms with Crippen LogP contribution in [0.3, 0.4) is 0 Å². The lowest BCUT2D eigenvalue weighted by molar-refractivity contribution is -0.361. The summed E-state index contributed by atoms with van der Waals surface area (Å²) in [6.45, 7) is -1.87. The average molecular weight is 166 g/mol. The Kier molecular flexibility index (Phi) is 2.15. The van der Waals surface area contributed by atoms with Gasteiger partial charge in [0.1, 0.15) is 13.2 Å². The highest BCUT2D eigenvalue weighted by Gasteiger charge is 2.48. The molecule has 11 heavy (non-hydrogen) atoms. The average Bonchev–Trinajstić information content (AvgIpc) is 2.30. The summed E-state index contributed by atoms with van der Waals surface area (Å²) in [6.07, 6.45) is 0. The highest BCUT2D eigenvalue weighted by atomic mass is 16.9. The number of rotatable bonds is 2. The molecule has 2 unspecified atom stereocenters. The second-order valence-corrected chi connectivity index (χ2v) is 2.37. The largest absolute Gasteiger partial charge is 0.391 e. The van der Waals surface area contributed by atoms with Crippen molar-refractivity contribution in [2.45, 2.75) is 11.8 Å². The van der Waals surface area contributed by atoms with E-state index in [4.69, 9.17) is 20.4 Å². The first-order valence-electron chi connectivity index (χ1n) is 3.04. The van der Waals surface area contributed by atoms with Gasteiger partial charge in [0, 0.05) is 0 Å². The second-order valence-electron chi connectivity index (χ2n) is 2.37. The van der Waals surface area contributed by atoms with Crippen molar-refractivity contribution < 1.29 is 29.9 Å². The summed E-state index contributed by atoms with van der Waals surface area (Å²) in [5.41, 5.74) is 0. The van der Waals surface area contributed by atoms with Gasteiger partial charge in [-0.1, -0.05) is 0 Å². The van der Waals surface area contributed by atoms with Gasteiger partial charge in [0.25, 0.3) is 0 Å². The van der Waals surface area contributed by atoms with Crippen LogP contribution in [0, 0.1) is 0 Å². The minimum Gasteiger partial charge on any atom is -0.391 e. The summed E-state index contributed by atoms with van der Waals surface area (Å²) in [5.74, 6) is -4.09. The molecule has 6 heteroatoms. The fourth-order valence-corrected chi connectivity index (χ4v) is 0.737. The van der Waals surface area contributed by atoms with Gasteiger partial charge in [-0.15, -0.1) is 0 Å². The van der Waals surface area contributed by atoms with Crippen molar-refractivity contribution in [1.82, 2.24) is 0 Å². The molecule has 0 bridgehead atoms. The van der Waals surface area contributed by atoms with E-state index in [1.54, 1.807) is 0 Å². The maximum atomic E-state index is 9.10. The third kappa shape index (κ3) is 1.67. The van der Waals surface area contributed by atoms with Crippen LogP contribution in [0.4, 0.5) is 0 Å². The van der Waals surface area contributed by atoms with E-state index in [0.29, 0.717) is 0 Å². The lowest BCUT2D eigenvalue weighted by Gasteiger charge is -2.21. The summed E-state index contributed by atoms with van der Waals surface area (Å²) < 4.78 is 8.89. The van der Waals surface area contributed by atoms with Crippen LogP contribution < -0.4 is 0 Å². The maximum absolute atomic E-state index is 9.10. The first-order valence-corrected chi connectivity index (χ1v) is 3.04. The van der Waals surface area contributed by atoms with Crippen LogP contribution in [0.5, 0.6) is 0 Å². The van der Waals surface area contributed by atoms with E-state index in [0.717, 1.165) is 0 Å². The molecule has 6 nitrogen and oxygen atoms in total. The molecule has 0 aromatic rings. The zero-order valence-corrected chi connectivity index (χ0v) is 5.73. The predicted octanol–water partition coefficient (Wildman–Crippen LogP) is -2.65. The first kappa shape index (κ1) is 8.85. The van der Waals surface area contributed by atoms with Crippen LogP contribution in [0.25, 0.3) is 0 Å². The molecule has 0 aliphatic carbocycles. The molecule has 0 aromatic heterocycles. The molecule has 0 aromatic carbocycles. The molecule has 1 aliphatic heterocycles. The van der Waals surface area contributed by atoms with Gasteiger partial charge in [-0.3, -0.25) is 4.74 Å². The summed E-state index contributed by atoms with van der Waals surface area (Å²) in [7, 11) is 0. The van der Waals surface area contributed by atoms with Gasteiger partial charge in [0.05, 0.1) is 6.61 Å². The molecular weight excluding hydrogens is 156 g/mol. The molecule has 1 fully saturated rings. The molecule has 1 heterocycles. The van der Waals surface area contributed by atoms with E-state index in [2.05, 4.69) is 9.47 Å². The van der Waals surface area contributed by atoms with E-state index in [1.165, 1.54) is 0 Å². The SMILES string of the molecule is OCC1(O)COC(O)(CO)O1. The van der Waals surface area contributed by atoms with E-state index >= 15 is 0 Å². The van der Waals surface area contributed by atoms with Crippen LogP contribution in [0.15, 0.2) is 0 Å². The van der Waals surface area contributed by atoms with Gasteiger partial charge in [-0.05, 0) is 0 Å². The number of ether oxygens (including phenoxy) is 2. The highest BCUT2D eigenvalue weighted by Crippen LogP contribution is 2.26. The summed E-state index contributed by atoms with van der Waals surface area (Å²) in [4.78, 5) is 0. The van der Waals surface area contributed by atoms with Crippen LogP contribution >= 0.6 is 0 Å². The quantitative estimate of drug-likeness (QED) is 0.357. The lowest BCUT2D eigenvalue weighted by atomic mass is 10.3. The molecule has 1 rings (SSSR count). The molecule has 0 spiro atoms. The van der Waals surface area contributed by atoms with Crippen molar-refractivity contribution in [2.75, 3.05) is 19.8 Å². The third-order valence-electron chi connectivity index (χ3n) is 1.32. The maximum Gasteiger partial charge on any atom is 0.307 e. The van der Waals surface area contributed by atoms with Crippen molar-refractivity contribution in [3.05, 3.63) is 0 Å². The Morgan fingerprint density at radius 3 is 2.09 bits per heavy atom. The Morgan fingerprint density at radius 2 is 1.82 bits per heavy atom. The van der Waals surface area contributed by atoms with Gasteiger partial charge < -0.3 is 25.2 Å². The number of hydrogen-bond acceptors (Lipinski definition) is 6. The Hall–Kier alpha value is -0.240. The predicted molar refractivity (Wildman–Crippen MR) is 31.1 cm³/mol. The fraction of sp³-hybridized carbons (Fsp3) is 1.00. The molecule has 66 valence electrons. The Morgan fingerprint density at radius 1 is 1.18 bits per heavy atom. The highest BCUT2D eigenvalue weighted by molar-refractivity contribution is 4.75. The van der Waals surface area contributed by atoms with E-state index in [1.807, 2.05) is 0 Å². The zero-order chi connectivity index (χ0) is 8.54. The smallest absolute Gasteiger partial charge is 0.307 e. The van der Waals surface area contributed by atoms with Crippen molar-refractivity contribution in [1.29, 1.82) is 0 Å². The molecule has 1 saturated heterocycles. The first-order chi connectivity index (χ1) is 5.04. The van der Waals surface area contributed by atoms with Crippen molar-refractivity contribution >= 4 is 0 Å². The minimum atomic E-state index is -2.18. The number of aliphatic hydroxyl groups excluding tert-OH is 2. The normalized spacial score (nSPS) is 44.7. The minimum absolute atomic E-state index is 0.374. The molecule has 0 saturated carbocycles. The Labute approximate surface area is 62.6 Å². The van der Waals surface area contributed by atoms with E-state index in [9.17, 15) is 0 Å². The number of aliphatic hydroxyl groups is 4. The van der Waals surface area contributed by atoms with E-state index in [-0.39, 0.29) is 6.61 Å². The summed E-state index contributed by atoms with van der Waals surface area (Å²) in [5, 5.41) is 35.1. The van der Waals surface area contributed by atoms with Crippen molar-refractivity contribution in [3.8, 4) is 0 Å². The second kappa shape index (κ2) is 2.67. The van der Waals surface area contributed by atoms with Crippen molar-refractivity contribution in [3.63, 3.8) is 0 Å². The molecule has 4 N–H and O–H groups in total. The summed E-state index contributed by atoms with van der Waals surface area (Å²) in [6, 6.07) is 0. The van der Waals surface area contributed by atoms with Gasteiger partial charge in [0.2, 0.25) is 5.79 Å². The Bertz CT molecular complexity index is 134. The lowest BCUT2D eigenvalue weighted by Crippen LogP contribution is -2.41. The van der Waals surface area contributed by atoms with Crippen LogP contribution in [-0.4, -0.2) is 52.0 Å². The molecule has 2 atom stereocenters. The third-order valence-corrected chi connectivity index (χ3v) is 1.32. The molecule has 1 aliphatic rings. The fourth-order valence-electron chi connectivity index (χ4n) is 0.737. The molecule has 0 amide bonds. The zero-order valence-electron chi connectivity index (χ0n) is 5.73. The topological polar surface area (TPSA) is 99.4 Å². The summed E-state index contributed by atoms with van der Waals surface area (Å²) >= 11 is 0. The van der Waals surface area contributed by atoms with Crippen LogP contribution in [0.2, 0.25) is 0 Å². The number of hydrogen-bond donors (Lipinski definition) is 4. The van der Waals surface area contributed by atoms with Gasteiger partial charge in [0.15, 0.2) is 0 Å². The van der Waals surface area contributed by atoms with Crippen LogP contribution in [-0.2, 0) is 9.47 Å². The Balaban J connectivity index is 2.58. The van der Waals surface area contributed by atoms with Gasteiger partial charge >= 0.3 is 5.97 Å². The van der Waals surface area contributed by atoms with Crippen molar-refractivity contribution in [2.24, 2.45) is 0 Å². The monoisotopic (exact) mass is 166 g/mol. The molecular formula is C5H10O6. The van der Waals surface area contributed by atoms with Gasteiger partial charge in [-0.25, -0.2) is 0 Å². The van der Waals surface area contributed by atoms with E-state index < -0.39 is 25.0 Å². The van der Waals surface area contributed by atoms with Gasteiger partial charge in [-0.2, -0.15) is 0 Å².